The van der Waals surface area contributed by atoms with Gasteiger partial charge in [0.05, 0.1) is 22.7 Å². The third kappa shape index (κ3) is 5.75. The number of carboxylic acid groups (broad SMARTS) is 1. The SMILES string of the molecule is CC(C)(C)C[C@@H]1N2C(=C(c3cccc(Cl)c3F)[C@@]1(C#N)c1ccc(Cl)cc1F)C(=O)N(c1ccc(C(=O)O)cc1)[C@H]2CC1CCCCC1. The van der Waals surface area contributed by atoms with Crippen molar-refractivity contribution in [3.05, 3.63) is 105 Å². The van der Waals surface area contributed by atoms with Crippen LogP contribution in [0.5, 0.6) is 0 Å². The Morgan fingerprint density at radius 1 is 1.04 bits per heavy atom. The molecule has 0 unspecified atom stereocenters. The van der Waals surface area contributed by atoms with Gasteiger partial charge in [0.2, 0.25) is 0 Å². The molecule has 0 aromatic heterocycles. The van der Waals surface area contributed by atoms with Crippen molar-refractivity contribution in [2.24, 2.45) is 11.3 Å². The summed E-state index contributed by atoms with van der Waals surface area (Å²) in [6.45, 7) is 6.05. The van der Waals surface area contributed by atoms with Crippen molar-refractivity contribution in [2.75, 3.05) is 4.90 Å². The fourth-order valence-corrected chi connectivity index (χ4v) is 8.30. The molecule has 1 N–H and O–H groups in total. The lowest BCUT2D eigenvalue weighted by Crippen LogP contribution is -2.52. The van der Waals surface area contributed by atoms with Gasteiger partial charge in [-0.05, 0) is 66.6 Å². The Balaban J connectivity index is 1.69. The number of carbonyl (C=O) groups is 2. The molecule has 3 aromatic carbocycles. The molecule has 3 aliphatic rings. The van der Waals surface area contributed by atoms with Crippen LogP contribution in [0.15, 0.2) is 66.4 Å². The maximum Gasteiger partial charge on any atom is 0.335 e. The van der Waals surface area contributed by atoms with E-state index in [1.54, 1.807) is 23.1 Å². The minimum Gasteiger partial charge on any atom is -0.478 e. The number of carbonyl (C=O) groups excluding carboxylic acids is 1. The Labute approximate surface area is 289 Å². The van der Waals surface area contributed by atoms with Crippen LogP contribution in [0.3, 0.4) is 0 Å². The molecule has 0 spiro atoms. The number of fused-ring (bicyclic) bond motifs is 1. The summed E-state index contributed by atoms with van der Waals surface area (Å²) in [6.07, 6.45) is 5.49. The van der Waals surface area contributed by atoms with Crippen LogP contribution >= 0.6 is 23.2 Å². The van der Waals surface area contributed by atoms with Crippen molar-refractivity contribution in [3.63, 3.8) is 0 Å². The van der Waals surface area contributed by atoms with Crippen molar-refractivity contribution in [3.8, 4) is 6.07 Å². The minimum atomic E-state index is -1.83. The summed E-state index contributed by atoms with van der Waals surface area (Å²) in [5.41, 5.74) is -1.57. The quantitative estimate of drug-likeness (QED) is 0.267. The predicted octanol–water partition coefficient (Wildman–Crippen LogP) is 9.61. The van der Waals surface area contributed by atoms with E-state index in [2.05, 4.69) is 6.07 Å². The topological polar surface area (TPSA) is 84.6 Å². The number of halogens is 4. The maximum atomic E-state index is 16.3. The average Bonchev–Trinajstić information content (AvgIpc) is 3.47. The maximum absolute atomic E-state index is 16.3. The molecule has 2 heterocycles. The van der Waals surface area contributed by atoms with E-state index >= 15 is 13.6 Å². The number of nitrogens with zero attached hydrogens (tertiary/aromatic N) is 3. The molecule has 1 saturated heterocycles. The molecule has 0 bridgehead atoms. The summed E-state index contributed by atoms with van der Waals surface area (Å²) in [5, 5.41) is 20.9. The summed E-state index contributed by atoms with van der Waals surface area (Å²) in [6, 6.07) is 16.3. The zero-order valence-electron chi connectivity index (χ0n) is 27.1. The molecule has 48 heavy (non-hydrogen) atoms. The van der Waals surface area contributed by atoms with Crippen molar-refractivity contribution in [1.29, 1.82) is 5.26 Å². The van der Waals surface area contributed by atoms with Crippen molar-refractivity contribution >= 4 is 46.3 Å². The average molecular weight is 693 g/mol. The lowest BCUT2D eigenvalue weighted by Gasteiger charge is -2.44. The molecule has 1 saturated carbocycles. The lowest BCUT2D eigenvalue weighted by molar-refractivity contribution is -0.114. The van der Waals surface area contributed by atoms with Gasteiger partial charge in [-0.25, -0.2) is 13.6 Å². The number of carboxylic acids is 1. The summed E-state index contributed by atoms with van der Waals surface area (Å²) < 4.78 is 32.5. The predicted molar refractivity (Wildman–Crippen MR) is 183 cm³/mol. The van der Waals surface area contributed by atoms with E-state index in [9.17, 15) is 15.2 Å². The van der Waals surface area contributed by atoms with Crippen LogP contribution in [0.1, 0.15) is 87.2 Å². The van der Waals surface area contributed by atoms with Crippen LogP contribution < -0.4 is 4.90 Å². The Morgan fingerprint density at radius 3 is 2.33 bits per heavy atom. The van der Waals surface area contributed by atoms with E-state index in [1.807, 2.05) is 25.7 Å². The first-order valence-corrected chi connectivity index (χ1v) is 17.0. The Bertz CT molecular complexity index is 1840. The van der Waals surface area contributed by atoms with Gasteiger partial charge in [-0.2, -0.15) is 5.26 Å². The van der Waals surface area contributed by atoms with Crippen LogP contribution in [0, 0.1) is 34.3 Å². The van der Waals surface area contributed by atoms with Crippen LogP contribution in [0.4, 0.5) is 14.5 Å². The summed E-state index contributed by atoms with van der Waals surface area (Å²) >= 11 is 12.5. The number of anilines is 1. The summed E-state index contributed by atoms with van der Waals surface area (Å²) in [5.74, 6) is -2.85. The smallest absolute Gasteiger partial charge is 0.335 e. The Hall–Kier alpha value is -3.93. The Kier molecular flexibility index (Phi) is 9.08. The van der Waals surface area contributed by atoms with Gasteiger partial charge >= 0.3 is 5.97 Å². The van der Waals surface area contributed by atoms with Gasteiger partial charge in [0.25, 0.3) is 5.91 Å². The molecule has 0 radical (unpaired) electrons. The molecule has 6 rings (SSSR count). The molecule has 250 valence electrons. The van der Waals surface area contributed by atoms with Gasteiger partial charge in [0.15, 0.2) is 0 Å². The molecule has 2 aliphatic heterocycles. The number of rotatable bonds is 7. The number of hydrogen-bond acceptors (Lipinski definition) is 4. The third-order valence-corrected chi connectivity index (χ3v) is 10.5. The fraction of sp³-hybridized carbons (Fsp3) is 0.395. The highest BCUT2D eigenvalue weighted by Crippen LogP contribution is 2.59. The molecule has 1 aliphatic carbocycles. The number of nitriles is 1. The van der Waals surface area contributed by atoms with Crippen molar-refractivity contribution in [2.45, 2.75) is 83.3 Å². The second kappa shape index (κ2) is 12.8. The van der Waals surface area contributed by atoms with Gasteiger partial charge in [-0.3, -0.25) is 9.69 Å². The van der Waals surface area contributed by atoms with Gasteiger partial charge < -0.3 is 10.0 Å². The summed E-state index contributed by atoms with van der Waals surface area (Å²) in [7, 11) is 0. The molecule has 10 heteroatoms. The molecule has 3 aromatic rings. The number of benzene rings is 3. The molecule has 6 nitrogen and oxygen atoms in total. The van der Waals surface area contributed by atoms with E-state index in [-0.39, 0.29) is 43.9 Å². The third-order valence-electron chi connectivity index (χ3n) is 9.99. The largest absolute Gasteiger partial charge is 0.478 e. The Morgan fingerprint density at radius 2 is 1.73 bits per heavy atom. The zero-order chi connectivity index (χ0) is 34.5. The first kappa shape index (κ1) is 34.0. The van der Waals surface area contributed by atoms with Gasteiger partial charge in [-0.15, -0.1) is 0 Å². The van der Waals surface area contributed by atoms with E-state index in [0.717, 1.165) is 38.2 Å². The number of amides is 1. The van der Waals surface area contributed by atoms with Crippen LogP contribution in [0.2, 0.25) is 10.0 Å². The van der Waals surface area contributed by atoms with Crippen LogP contribution in [-0.4, -0.2) is 34.1 Å². The monoisotopic (exact) mass is 691 g/mol. The fourth-order valence-electron chi connectivity index (χ4n) is 7.97. The molecular formula is C38H37Cl2F2N3O3. The van der Waals surface area contributed by atoms with Gasteiger partial charge in [0, 0.05) is 27.4 Å². The summed E-state index contributed by atoms with van der Waals surface area (Å²) in [4.78, 5) is 30.3. The van der Waals surface area contributed by atoms with E-state index in [0.29, 0.717) is 18.5 Å². The van der Waals surface area contributed by atoms with Crippen molar-refractivity contribution in [1.82, 2.24) is 4.90 Å². The minimum absolute atomic E-state index is 0.00139. The van der Waals surface area contributed by atoms with Crippen molar-refractivity contribution < 1.29 is 23.5 Å². The first-order chi connectivity index (χ1) is 22.8. The van der Waals surface area contributed by atoms with Gasteiger partial charge in [-0.1, -0.05) is 94.3 Å². The highest BCUT2D eigenvalue weighted by Gasteiger charge is 2.64. The molecule has 3 atom stereocenters. The molecule has 1 amide bonds. The van der Waals surface area contributed by atoms with Gasteiger partial charge in [0.1, 0.15) is 28.9 Å². The first-order valence-electron chi connectivity index (χ1n) is 16.3. The van der Waals surface area contributed by atoms with Crippen LogP contribution in [-0.2, 0) is 10.2 Å². The standard InChI is InChI=1S/C38H37Cl2F2N3O3/c1-37(2,3)20-30-38(21-43,27-17-14-24(39)19-29(27)41)32(26-10-7-11-28(40)33(26)42)34-35(46)44(25-15-12-23(13-16-25)36(47)48)31(45(30)34)18-22-8-5-4-6-9-22/h7,10-17,19,22,30-31H,4-6,8-9,18,20H2,1-3H3,(H,47,48)/t30-,31+,38-/m0/s1. The second-order valence-corrected chi connectivity index (χ2v) is 15.1. The number of aromatic carboxylic acids is 1. The van der Waals surface area contributed by atoms with E-state index in [1.165, 1.54) is 36.4 Å². The highest BCUT2D eigenvalue weighted by molar-refractivity contribution is 6.31. The normalized spacial score (nSPS) is 23.1. The van der Waals surface area contributed by atoms with Crippen LogP contribution in [0.25, 0.3) is 5.57 Å². The number of hydrogen-bond donors (Lipinski definition) is 1. The highest BCUT2D eigenvalue weighted by atomic mass is 35.5. The zero-order valence-corrected chi connectivity index (χ0v) is 28.6. The molecule has 2 fully saturated rings. The lowest BCUT2D eigenvalue weighted by atomic mass is 9.65. The van der Waals surface area contributed by atoms with E-state index < -0.39 is 46.5 Å². The second-order valence-electron chi connectivity index (χ2n) is 14.3. The van der Waals surface area contributed by atoms with E-state index in [4.69, 9.17) is 23.2 Å². The molecular weight excluding hydrogens is 655 g/mol.